The summed E-state index contributed by atoms with van der Waals surface area (Å²) in [7, 11) is 1.39. The maximum atomic E-state index is 13.7. The third-order valence-electron chi connectivity index (χ3n) is 4.05. The molecule has 2 unspecified atom stereocenters. The van der Waals surface area contributed by atoms with E-state index in [9.17, 15) is 4.39 Å². The predicted octanol–water partition coefficient (Wildman–Crippen LogP) is 2.71. The summed E-state index contributed by atoms with van der Waals surface area (Å²) in [6.07, 6.45) is 4.38. The topological polar surface area (TPSA) is 50.7 Å². The van der Waals surface area contributed by atoms with Gasteiger partial charge in [-0.15, -0.1) is 5.06 Å². The molecular formula is C14H14BrFN4O2S. The molecule has 0 saturated carbocycles. The van der Waals surface area contributed by atoms with Crippen LogP contribution in [0.15, 0.2) is 22.2 Å². The molecule has 3 fully saturated rings. The summed E-state index contributed by atoms with van der Waals surface area (Å²) in [5, 5.41) is 2.95. The largest absolute Gasteiger partial charge is 0.479 e. The zero-order chi connectivity index (χ0) is 16.0. The molecule has 2 bridgehead atoms. The van der Waals surface area contributed by atoms with Gasteiger partial charge < -0.3 is 14.5 Å². The number of hydrogen-bond donors (Lipinski definition) is 0. The number of pyridine rings is 1. The van der Waals surface area contributed by atoms with Crippen LogP contribution < -0.4 is 14.5 Å². The van der Waals surface area contributed by atoms with E-state index >= 15 is 0 Å². The molecule has 5 rings (SSSR count). The SMILES string of the molecule is COc1ncc(ON2C3CC2CN(c2ncc(Br)s2)C3)cc1F. The van der Waals surface area contributed by atoms with Crippen molar-refractivity contribution in [3.63, 3.8) is 0 Å². The fourth-order valence-corrected chi connectivity index (χ4v) is 4.20. The first-order valence-electron chi connectivity index (χ1n) is 7.16. The third kappa shape index (κ3) is 2.77. The summed E-state index contributed by atoms with van der Waals surface area (Å²) >= 11 is 5.07. The van der Waals surface area contributed by atoms with Gasteiger partial charge >= 0.3 is 0 Å². The summed E-state index contributed by atoms with van der Waals surface area (Å²) in [6, 6.07) is 1.86. The van der Waals surface area contributed by atoms with Crippen LogP contribution in [0.3, 0.4) is 0 Å². The van der Waals surface area contributed by atoms with E-state index in [1.54, 1.807) is 11.3 Å². The number of fused-ring (bicyclic) bond motifs is 2. The molecule has 3 saturated heterocycles. The van der Waals surface area contributed by atoms with Crippen molar-refractivity contribution in [1.29, 1.82) is 0 Å². The van der Waals surface area contributed by atoms with Crippen LogP contribution >= 0.6 is 27.3 Å². The standard InChI is InChI=1S/C14H14BrFN4O2S/c1-21-13-11(16)3-10(4-17-13)22-20-8-2-9(20)7-19(6-8)14-18-5-12(15)23-14/h3-5,8-9H,2,6-7H2,1H3. The molecule has 5 heterocycles. The molecule has 0 N–H and O–H groups in total. The Morgan fingerprint density at radius 2 is 2.09 bits per heavy atom. The van der Waals surface area contributed by atoms with Gasteiger partial charge in [-0.1, -0.05) is 11.3 Å². The Kier molecular flexibility index (Phi) is 3.86. The minimum Gasteiger partial charge on any atom is -0.479 e. The van der Waals surface area contributed by atoms with E-state index in [4.69, 9.17) is 9.57 Å². The van der Waals surface area contributed by atoms with Gasteiger partial charge in [-0.05, 0) is 22.4 Å². The van der Waals surface area contributed by atoms with Gasteiger partial charge in [0.15, 0.2) is 16.7 Å². The highest BCUT2D eigenvalue weighted by atomic mass is 79.9. The van der Waals surface area contributed by atoms with Gasteiger partial charge in [0, 0.05) is 19.2 Å². The number of piperazine rings is 1. The monoisotopic (exact) mass is 400 g/mol. The van der Waals surface area contributed by atoms with Crippen LogP contribution in [0.1, 0.15) is 6.42 Å². The van der Waals surface area contributed by atoms with Crippen molar-refractivity contribution in [3.05, 3.63) is 28.1 Å². The lowest BCUT2D eigenvalue weighted by molar-refractivity contribution is -0.203. The maximum Gasteiger partial charge on any atom is 0.250 e. The molecule has 0 aromatic carbocycles. The summed E-state index contributed by atoms with van der Waals surface area (Å²) in [6.45, 7) is 1.70. The van der Waals surface area contributed by atoms with Crippen molar-refractivity contribution in [3.8, 4) is 11.6 Å². The Labute approximate surface area is 144 Å². The number of halogens is 2. The molecule has 3 aliphatic rings. The van der Waals surface area contributed by atoms with Gasteiger partial charge in [0.25, 0.3) is 0 Å². The van der Waals surface area contributed by atoms with Crippen molar-refractivity contribution < 1.29 is 14.0 Å². The molecule has 122 valence electrons. The molecule has 0 amide bonds. The van der Waals surface area contributed by atoms with Crippen molar-refractivity contribution in [2.24, 2.45) is 0 Å². The molecule has 2 aromatic rings. The van der Waals surface area contributed by atoms with Crippen molar-refractivity contribution in [1.82, 2.24) is 15.0 Å². The van der Waals surface area contributed by atoms with E-state index in [1.165, 1.54) is 19.4 Å². The summed E-state index contributed by atoms with van der Waals surface area (Å²) in [4.78, 5) is 16.4. The summed E-state index contributed by atoms with van der Waals surface area (Å²) in [5.41, 5.74) is 0. The van der Waals surface area contributed by atoms with Crippen LogP contribution in [0.4, 0.5) is 9.52 Å². The van der Waals surface area contributed by atoms with Crippen LogP contribution in [0.2, 0.25) is 0 Å². The Bertz CT molecular complexity index is 719. The maximum absolute atomic E-state index is 13.7. The molecule has 9 heteroatoms. The number of nitrogens with zero attached hydrogens (tertiary/aromatic N) is 4. The molecular weight excluding hydrogens is 387 g/mol. The Hall–Kier alpha value is -1.45. The van der Waals surface area contributed by atoms with Gasteiger partial charge in [-0.2, -0.15) is 0 Å². The number of hydroxylamine groups is 2. The first kappa shape index (κ1) is 15.1. The van der Waals surface area contributed by atoms with Gasteiger partial charge in [-0.3, -0.25) is 0 Å². The molecule has 3 aliphatic heterocycles. The highest BCUT2D eigenvalue weighted by Crippen LogP contribution is 2.37. The number of anilines is 1. The van der Waals surface area contributed by atoms with Gasteiger partial charge in [0.05, 0.1) is 35.4 Å². The average Bonchev–Trinajstić information content (AvgIpc) is 2.99. The normalized spacial score (nSPS) is 23.5. The Morgan fingerprint density at radius 1 is 1.30 bits per heavy atom. The molecule has 23 heavy (non-hydrogen) atoms. The number of rotatable bonds is 4. The lowest BCUT2D eigenvalue weighted by Gasteiger charge is -2.54. The predicted molar refractivity (Wildman–Crippen MR) is 87.4 cm³/mol. The summed E-state index contributed by atoms with van der Waals surface area (Å²) in [5.74, 6) is -0.157. The van der Waals surface area contributed by atoms with E-state index in [1.807, 2.05) is 11.3 Å². The van der Waals surface area contributed by atoms with E-state index in [0.717, 1.165) is 28.4 Å². The van der Waals surface area contributed by atoms with Crippen molar-refractivity contribution in [2.45, 2.75) is 18.5 Å². The van der Waals surface area contributed by atoms with E-state index in [0.29, 0.717) is 5.75 Å². The lowest BCUT2D eigenvalue weighted by Crippen LogP contribution is -2.69. The van der Waals surface area contributed by atoms with Crippen molar-refractivity contribution >= 4 is 32.4 Å². The zero-order valence-electron chi connectivity index (χ0n) is 12.3. The second-order valence-electron chi connectivity index (χ2n) is 5.51. The number of piperidine rings is 1. The van der Waals surface area contributed by atoms with Gasteiger partial charge in [0.2, 0.25) is 5.88 Å². The third-order valence-corrected chi connectivity index (χ3v) is 5.59. The number of hydrogen-bond acceptors (Lipinski definition) is 7. The highest BCUT2D eigenvalue weighted by molar-refractivity contribution is 9.11. The first-order chi connectivity index (χ1) is 11.1. The number of thiazole rings is 1. The van der Waals surface area contributed by atoms with Gasteiger partial charge in [0.1, 0.15) is 0 Å². The smallest absolute Gasteiger partial charge is 0.250 e. The Balaban J connectivity index is 1.42. The van der Waals surface area contributed by atoms with Crippen LogP contribution in [0.5, 0.6) is 11.6 Å². The highest BCUT2D eigenvalue weighted by Gasteiger charge is 2.47. The first-order valence-corrected chi connectivity index (χ1v) is 8.77. The lowest BCUT2D eigenvalue weighted by atomic mass is 9.91. The van der Waals surface area contributed by atoms with Gasteiger partial charge in [-0.25, -0.2) is 14.4 Å². The van der Waals surface area contributed by atoms with Crippen LogP contribution in [-0.4, -0.2) is 47.3 Å². The quantitative estimate of drug-likeness (QED) is 0.786. The van der Waals surface area contributed by atoms with E-state index in [2.05, 4.69) is 30.8 Å². The van der Waals surface area contributed by atoms with Crippen LogP contribution in [-0.2, 0) is 0 Å². The molecule has 6 nitrogen and oxygen atoms in total. The fourth-order valence-electron chi connectivity index (χ4n) is 3.00. The molecule has 2 atom stereocenters. The zero-order valence-corrected chi connectivity index (χ0v) is 14.7. The van der Waals surface area contributed by atoms with Crippen molar-refractivity contribution in [2.75, 3.05) is 25.1 Å². The molecule has 0 aliphatic carbocycles. The Morgan fingerprint density at radius 3 is 2.70 bits per heavy atom. The fraction of sp³-hybridized carbons (Fsp3) is 0.429. The van der Waals surface area contributed by atoms with E-state index < -0.39 is 5.82 Å². The minimum atomic E-state index is -0.523. The molecule has 0 radical (unpaired) electrons. The number of aromatic nitrogens is 2. The molecule has 2 aromatic heterocycles. The van der Waals surface area contributed by atoms with E-state index in [-0.39, 0.29) is 18.0 Å². The van der Waals surface area contributed by atoms with Crippen LogP contribution in [0, 0.1) is 5.82 Å². The number of ether oxygens (including phenoxy) is 1. The second kappa shape index (κ2) is 5.88. The molecule has 0 spiro atoms. The summed E-state index contributed by atoms with van der Waals surface area (Å²) < 4.78 is 19.5. The minimum absolute atomic E-state index is 0.0262. The number of methoxy groups -OCH3 is 1. The second-order valence-corrected chi connectivity index (χ2v) is 7.90. The van der Waals surface area contributed by atoms with Crippen LogP contribution in [0.25, 0.3) is 0 Å². The average molecular weight is 401 g/mol.